The second-order valence-corrected chi connectivity index (χ2v) is 7.19. The van der Waals surface area contributed by atoms with Gasteiger partial charge in [0.2, 0.25) is 0 Å². The number of hydrogen-bond donors (Lipinski definition) is 1. The molecule has 0 amide bonds. The minimum atomic E-state index is -3.89. The molecule has 8 heteroatoms. The Balaban J connectivity index is 1.96. The molecule has 0 atom stereocenters. The summed E-state index contributed by atoms with van der Waals surface area (Å²) in [6.07, 6.45) is 6.39. The van der Waals surface area contributed by atoms with Crippen molar-refractivity contribution in [1.82, 2.24) is 9.97 Å². The lowest BCUT2D eigenvalue weighted by Gasteiger charge is -2.12. The Morgan fingerprint density at radius 1 is 1.00 bits per heavy atom. The molecule has 0 saturated carbocycles. The average Bonchev–Trinajstić information content (AvgIpc) is 2.62. The van der Waals surface area contributed by atoms with Gasteiger partial charge in [-0.3, -0.25) is 14.7 Å². The molecule has 0 bridgehead atoms. The van der Waals surface area contributed by atoms with Crippen LogP contribution in [0.1, 0.15) is 0 Å². The second-order valence-electron chi connectivity index (χ2n) is 5.10. The quantitative estimate of drug-likeness (QED) is 0.736. The molecule has 3 rings (SSSR count). The van der Waals surface area contributed by atoms with E-state index in [9.17, 15) is 8.42 Å². The molecule has 0 saturated heterocycles. The van der Waals surface area contributed by atoms with Crippen molar-refractivity contribution in [2.75, 3.05) is 11.8 Å². The Labute approximate surface area is 150 Å². The van der Waals surface area contributed by atoms with Crippen molar-refractivity contribution in [3.8, 4) is 16.9 Å². The highest BCUT2D eigenvalue weighted by Crippen LogP contribution is 2.29. The third-order valence-corrected chi connectivity index (χ3v) is 5.06. The van der Waals surface area contributed by atoms with Gasteiger partial charge in [0.15, 0.2) is 0 Å². The van der Waals surface area contributed by atoms with E-state index in [0.717, 1.165) is 11.1 Å². The average molecular weight is 376 g/mol. The van der Waals surface area contributed by atoms with Crippen LogP contribution in [0, 0.1) is 0 Å². The highest BCUT2D eigenvalue weighted by atomic mass is 35.5. The minimum absolute atomic E-state index is 0.0446. The predicted octanol–water partition coefficient (Wildman–Crippen LogP) is 3.61. The molecule has 0 aliphatic rings. The van der Waals surface area contributed by atoms with Gasteiger partial charge in [-0.15, -0.1) is 0 Å². The van der Waals surface area contributed by atoms with Crippen LogP contribution in [0.3, 0.4) is 0 Å². The monoisotopic (exact) mass is 375 g/mol. The van der Waals surface area contributed by atoms with Gasteiger partial charge < -0.3 is 4.74 Å². The highest BCUT2D eigenvalue weighted by Gasteiger charge is 2.20. The summed E-state index contributed by atoms with van der Waals surface area (Å²) in [6.45, 7) is 0. The Morgan fingerprint density at radius 3 is 2.48 bits per heavy atom. The van der Waals surface area contributed by atoms with E-state index < -0.39 is 10.0 Å². The summed E-state index contributed by atoms with van der Waals surface area (Å²) in [5.74, 6) is 0.204. The van der Waals surface area contributed by atoms with Crippen LogP contribution in [0.5, 0.6) is 5.75 Å². The summed E-state index contributed by atoms with van der Waals surface area (Å²) in [5, 5.41) is 0.296. The van der Waals surface area contributed by atoms with Crippen LogP contribution >= 0.6 is 11.6 Å². The molecule has 0 radical (unpaired) electrons. The first-order chi connectivity index (χ1) is 12.0. The Bertz CT molecular complexity index is 995. The molecule has 0 fully saturated rings. The summed E-state index contributed by atoms with van der Waals surface area (Å²) in [6, 6.07) is 9.72. The predicted molar refractivity (Wildman–Crippen MR) is 96.3 cm³/mol. The molecular weight excluding hydrogens is 362 g/mol. The number of aromatic nitrogens is 2. The first-order valence-electron chi connectivity index (χ1n) is 7.21. The number of rotatable bonds is 5. The number of methoxy groups -OCH3 is 1. The zero-order valence-electron chi connectivity index (χ0n) is 13.2. The van der Waals surface area contributed by atoms with E-state index in [0.29, 0.717) is 10.7 Å². The van der Waals surface area contributed by atoms with E-state index in [2.05, 4.69) is 14.7 Å². The number of benzene rings is 1. The topological polar surface area (TPSA) is 81.2 Å². The van der Waals surface area contributed by atoms with Crippen LogP contribution < -0.4 is 9.46 Å². The van der Waals surface area contributed by atoms with Crippen LogP contribution in [-0.2, 0) is 10.0 Å². The molecule has 25 heavy (non-hydrogen) atoms. The van der Waals surface area contributed by atoms with Crippen LogP contribution in [0.2, 0.25) is 5.02 Å². The molecule has 1 aromatic carbocycles. The van der Waals surface area contributed by atoms with E-state index in [1.165, 1.54) is 25.4 Å². The van der Waals surface area contributed by atoms with Crippen LogP contribution in [0.4, 0.5) is 5.69 Å². The van der Waals surface area contributed by atoms with Gasteiger partial charge in [-0.05, 0) is 42.0 Å². The first kappa shape index (κ1) is 17.2. The van der Waals surface area contributed by atoms with Crippen molar-refractivity contribution in [1.29, 1.82) is 0 Å². The van der Waals surface area contributed by atoms with Crippen molar-refractivity contribution in [2.24, 2.45) is 0 Å². The van der Waals surface area contributed by atoms with E-state index in [1.807, 2.05) is 12.1 Å². The van der Waals surface area contributed by atoms with Gasteiger partial charge in [-0.2, -0.15) is 0 Å². The van der Waals surface area contributed by atoms with Gasteiger partial charge in [-0.1, -0.05) is 11.6 Å². The molecule has 0 spiro atoms. The fourth-order valence-electron chi connectivity index (χ4n) is 2.27. The third kappa shape index (κ3) is 3.89. The Morgan fingerprint density at radius 2 is 1.76 bits per heavy atom. The highest BCUT2D eigenvalue weighted by molar-refractivity contribution is 7.92. The maximum atomic E-state index is 12.7. The molecule has 6 nitrogen and oxygen atoms in total. The van der Waals surface area contributed by atoms with Crippen molar-refractivity contribution in [2.45, 2.75) is 4.90 Å². The molecule has 0 unspecified atom stereocenters. The minimum Gasteiger partial charge on any atom is -0.495 e. The van der Waals surface area contributed by atoms with Gasteiger partial charge in [0.05, 0.1) is 19.0 Å². The number of anilines is 1. The van der Waals surface area contributed by atoms with E-state index in [4.69, 9.17) is 16.3 Å². The van der Waals surface area contributed by atoms with Gasteiger partial charge >= 0.3 is 0 Å². The second kappa shape index (κ2) is 7.08. The third-order valence-electron chi connectivity index (χ3n) is 3.42. The number of sulfonamides is 1. The number of nitrogens with one attached hydrogen (secondary N) is 1. The number of halogens is 1. The number of nitrogens with zero attached hydrogens (tertiary/aromatic N) is 2. The molecule has 1 N–H and O–H groups in total. The largest absolute Gasteiger partial charge is 0.495 e. The summed E-state index contributed by atoms with van der Waals surface area (Å²) >= 11 is 5.92. The molecule has 128 valence electrons. The SMILES string of the molecule is COc1ccc(Cl)cc1S(=O)(=O)Nc1cncc(-c2ccncc2)c1. The summed E-state index contributed by atoms with van der Waals surface area (Å²) in [5.41, 5.74) is 1.97. The van der Waals surface area contributed by atoms with Crippen molar-refractivity contribution in [3.63, 3.8) is 0 Å². The molecule has 0 aliphatic heterocycles. The first-order valence-corrected chi connectivity index (χ1v) is 9.07. The van der Waals surface area contributed by atoms with Crippen LogP contribution in [0.15, 0.2) is 66.1 Å². The van der Waals surface area contributed by atoms with Crippen molar-refractivity contribution in [3.05, 3.63) is 66.2 Å². The normalized spacial score (nSPS) is 11.1. The molecule has 2 aromatic heterocycles. The van der Waals surface area contributed by atoms with Gasteiger partial charge in [-0.25, -0.2) is 8.42 Å². The summed E-state index contributed by atoms with van der Waals surface area (Å²) < 4.78 is 33.0. The maximum Gasteiger partial charge on any atom is 0.265 e. The lowest BCUT2D eigenvalue weighted by Crippen LogP contribution is -2.14. The van der Waals surface area contributed by atoms with E-state index in [-0.39, 0.29) is 10.6 Å². The van der Waals surface area contributed by atoms with Crippen molar-refractivity contribution < 1.29 is 13.2 Å². The molecule has 2 heterocycles. The van der Waals surface area contributed by atoms with Gasteiger partial charge in [0.25, 0.3) is 10.0 Å². The molecule has 3 aromatic rings. The standard InChI is InChI=1S/C17H14ClN3O3S/c1-24-16-3-2-14(18)9-17(16)25(22,23)21-15-8-13(10-20-11-15)12-4-6-19-7-5-12/h2-11,21H,1H3. The van der Waals surface area contributed by atoms with Gasteiger partial charge in [0, 0.05) is 29.2 Å². The number of pyridine rings is 2. The van der Waals surface area contributed by atoms with E-state index >= 15 is 0 Å². The fourth-order valence-corrected chi connectivity index (χ4v) is 3.74. The molecular formula is C17H14ClN3O3S. The Kier molecular flexibility index (Phi) is 4.87. The van der Waals surface area contributed by atoms with Crippen molar-refractivity contribution >= 4 is 27.3 Å². The zero-order chi connectivity index (χ0) is 17.9. The molecule has 0 aliphatic carbocycles. The smallest absolute Gasteiger partial charge is 0.265 e. The summed E-state index contributed by atoms with van der Waals surface area (Å²) in [7, 11) is -2.49. The maximum absolute atomic E-state index is 12.7. The summed E-state index contributed by atoms with van der Waals surface area (Å²) in [4.78, 5) is 8.01. The zero-order valence-corrected chi connectivity index (χ0v) is 14.8. The lowest BCUT2D eigenvalue weighted by atomic mass is 10.1. The Hall–Kier alpha value is -2.64. The van der Waals surface area contributed by atoms with E-state index in [1.54, 1.807) is 30.7 Å². The fraction of sp³-hybridized carbons (Fsp3) is 0.0588. The van der Waals surface area contributed by atoms with Crippen LogP contribution in [0.25, 0.3) is 11.1 Å². The van der Waals surface area contributed by atoms with Crippen LogP contribution in [-0.4, -0.2) is 25.5 Å². The lowest BCUT2D eigenvalue weighted by molar-refractivity contribution is 0.403. The number of ether oxygens (including phenoxy) is 1. The van der Waals surface area contributed by atoms with Gasteiger partial charge in [0.1, 0.15) is 10.6 Å². The number of hydrogen-bond acceptors (Lipinski definition) is 5.